The number of anilines is 2. The lowest BCUT2D eigenvalue weighted by atomic mass is 10.1. The molecule has 0 aliphatic carbocycles. The molecular weight excluding hydrogens is 487 g/mol. The maximum atomic E-state index is 13.4. The van der Waals surface area contributed by atoms with E-state index in [9.17, 15) is 9.59 Å². The van der Waals surface area contributed by atoms with E-state index >= 15 is 0 Å². The largest absolute Gasteiger partial charge is 0.350 e. The Morgan fingerprint density at radius 3 is 2.25 bits per heavy atom. The van der Waals surface area contributed by atoms with Crippen LogP contribution in [0.3, 0.4) is 0 Å². The Hall–Kier alpha value is -2.44. The molecule has 3 aromatic rings. The average Bonchev–Trinajstić information content (AvgIpc) is 2.99. The van der Waals surface area contributed by atoms with Crippen LogP contribution in [-0.2, 0) is 9.59 Å². The zero-order valence-corrected chi connectivity index (χ0v) is 20.2. The molecular formula is C24H17Cl3N2O2S. The number of carbonyl (C=O) groups excluding carboxylic acids is 2. The summed E-state index contributed by atoms with van der Waals surface area (Å²) in [4.78, 5) is 29.0. The smallest absolute Gasteiger partial charge is 0.283 e. The van der Waals surface area contributed by atoms with E-state index in [0.717, 1.165) is 26.6 Å². The number of benzene rings is 3. The van der Waals surface area contributed by atoms with Crippen molar-refractivity contribution in [2.75, 3.05) is 10.2 Å². The second-order valence-electron chi connectivity index (χ2n) is 7.18. The van der Waals surface area contributed by atoms with Gasteiger partial charge in [-0.05, 0) is 73.5 Å². The molecule has 0 spiro atoms. The fourth-order valence-electron chi connectivity index (χ4n) is 3.21. The molecule has 0 aromatic heterocycles. The zero-order chi connectivity index (χ0) is 23.0. The van der Waals surface area contributed by atoms with E-state index in [1.807, 2.05) is 32.0 Å². The van der Waals surface area contributed by atoms with Gasteiger partial charge in [0.1, 0.15) is 10.6 Å². The minimum absolute atomic E-state index is 0.203. The Kier molecular flexibility index (Phi) is 6.54. The summed E-state index contributed by atoms with van der Waals surface area (Å²) in [6.45, 7) is 3.95. The summed E-state index contributed by atoms with van der Waals surface area (Å²) < 4.78 is 0. The van der Waals surface area contributed by atoms with E-state index < -0.39 is 11.8 Å². The van der Waals surface area contributed by atoms with Crippen molar-refractivity contribution in [1.82, 2.24) is 0 Å². The molecule has 0 saturated heterocycles. The quantitative estimate of drug-likeness (QED) is 0.372. The molecule has 0 fully saturated rings. The third-order valence-corrected chi connectivity index (χ3v) is 7.18. The highest BCUT2D eigenvalue weighted by molar-refractivity contribution is 8.04. The lowest BCUT2D eigenvalue weighted by Gasteiger charge is -2.16. The number of imide groups is 1. The molecule has 162 valence electrons. The Labute approximate surface area is 205 Å². The highest BCUT2D eigenvalue weighted by Gasteiger charge is 2.40. The Bertz CT molecular complexity index is 1270. The first kappa shape index (κ1) is 22.7. The predicted octanol–water partition coefficient (Wildman–Crippen LogP) is 7.25. The van der Waals surface area contributed by atoms with Gasteiger partial charge in [-0.2, -0.15) is 0 Å². The van der Waals surface area contributed by atoms with Crippen molar-refractivity contribution < 1.29 is 9.59 Å². The van der Waals surface area contributed by atoms with Crippen LogP contribution in [0.15, 0.2) is 76.2 Å². The van der Waals surface area contributed by atoms with Crippen LogP contribution in [-0.4, -0.2) is 11.8 Å². The number of hydrogen-bond acceptors (Lipinski definition) is 4. The third-order valence-electron chi connectivity index (χ3n) is 5.10. The van der Waals surface area contributed by atoms with E-state index in [2.05, 4.69) is 5.32 Å². The van der Waals surface area contributed by atoms with E-state index in [0.29, 0.717) is 15.7 Å². The van der Waals surface area contributed by atoms with Gasteiger partial charge in [0, 0.05) is 15.6 Å². The van der Waals surface area contributed by atoms with Gasteiger partial charge in [0.15, 0.2) is 0 Å². The van der Waals surface area contributed by atoms with Crippen LogP contribution in [0.4, 0.5) is 11.4 Å². The molecule has 4 nitrogen and oxygen atoms in total. The monoisotopic (exact) mass is 502 g/mol. The summed E-state index contributed by atoms with van der Waals surface area (Å²) in [5.41, 5.74) is 3.37. The van der Waals surface area contributed by atoms with E-state index in [-0.39, 0.29) is 15.6 Å². The van der Waals surface area contributed by atoms with Gasteiger partial charge in [0.25, 0.3) is 11.8 Å². The minimum atomic E-state index is -0.467. The highest BCUT2D eigenvalue weighted by atomic mass is 35.5. The second kappa shape index (κ2) is 9.20. The summed E-state index contributed by atoms with van der Waals surface area (Å²) in [6.07, 6.45) is 0. The number of aryl methyl sites for hydroxylation is 1. The molecule has 32 heavy (non-hydrogen) atoms. The summed E-state index contributed by atoms with van der Waals surface area (Å²) in [5.74, 6) is -0.910. The topological polar surface area (TPSA) is 49.4 Å². The highest BCUT2D eigenvalue weighted by Crippen LogP contribution is 2.39. The van der Waals surface area contributed by atoms with Crippen LogP contribution in [0.1, 0.15) is 11.1 Å². The summed E-state index contributed by atoms with van der Waals surface area (Å²) in [5, 5.41) is 4.38. The van der Waals surface area contributed by atoms with Crippen molar-refractivity contribution in [2.45, 2.75) is 18.7 Å². The fraction of sp³-hybridized carbons (Fsp3) is 0.0833. The molecule has 1 heterocycles. The number of hydrogen-bond donors (Lipinski definition) is 1. The van der Waals surface area contributed by atoms with E-state index in [4.69, 9.17) is 34.8 Å². The molecule has 0 bridgehead atoms. The summed E-state index contributed by atoms with van der Waals surface area (Å²) in [6, 6.07) is 17.5. The lowest BCUT2D eigenvalue weighted by Crippen LogP contribution is -2.32. The maximum absolute atomic E-state index is 13.4. The van der Waals surface area contributed by atoms with Gasteiger partial charge in [-0.3, -0.25) is 9.59 Å². The summed E-state index contributed by atoms with van der Waals surface area (Å²) in [7, 11) is 0. The number of halogens is 3. The normalized spacial score (nSPS) is 13.8. The van der Waals surface area contributed by atoms with Gasteiger partial charge in [0.2, 0.25) is 0 Å². The number of carbonyl (C=O) groups is 2. The molecule has 3 aromatic carbocycles. The van der Waals surface area contributed by atoms with Crippen molar-refractivity contribution >= 4 is 69.8 Å². The van der Waals surface area contributed by atoms with E-state index in [1.54, 1.807) is 36.4 Å². The van der Waals surface area contributed by atoms with Crippen molar-refractivity contribution in [1.29, 1.82) is 0 Å². The number of thioether (sulfide) groups is 1. The first-order valence-corrected chi connectivity index (χ1v) is 11.6. The number of amides is 2. The van der Waals surface area contributed by atoms with Crippen molar-refractivity contribution in [3.8, 4) is 0 Å². The first-order valence-electron chi connectivity index (χ1n) is 9.61. The van der Waals surface area contributed by atoms with Gasteiger partial charge in [-0.15, -0.1) is 0 Å². The summed E-state index contributed by atoms with van der Waals surface area (Å²) >= 11 is 19.4. The third kappa shape index (κ3) is 4.39. The molecule has 1 N–H and O–H groups in total. The van der Waals surface area contributed by atoms with E-state index in [1.165, 1.54) is 17.8 Å². The predicted molar refractivity (Wildman–Crippen MR) is 133 cm³/mol. The molecule has 8 heteroatoms. The van der Waals surface area contributed by atoms with Crippen molar-refractivity contribution in [3.63, 3.8) is 0 Å². The Morgan fingerprint density at radius 2 is 1.56 bits per heavy atom. The molecule has 0 unspecified atom stereocenters. The van der Waals surface area contributed by atoms with Gasteiger partial charge in [0.05, 0.1) is 15.7 Å². The number of nitrogens with zero attached hydrogens (tertiary/aromatic N) is 1. The molecule has 1 aliphatic rings. The van der Waals surface area contributed by atoms with Gasteiger partial charge in [-0.25, -0.2) is 4.90 Å². The maximum Gasteiger partial charge on any atom is 0.283 e. The van der Waals surface area contributed by atoms with Crippen LogP contribution in [0.25, 0.3) is 0 Å². The van der Waals surface area contributed by atoms with Gasteiger partial charge in [-0.1, -0.05) is 58.7 Å². The minimum Gasteiger partial charge on any atom is -0.350 e. The fourth-order valence-corrected chi connectivity index (χ4v) is 4.56. The zero-order valence-electron chi connectivity index (χ0n) is 17.1. The Balaban J connectivity index is 1.78. The number of nitrogens with one attached hydrogen (secondary N) is 1. The molecule has 4 rings (SSSR count). The molecule has 0 atom stereocenters. The first-order chi connectivity index (χ1) is 15.3. The molecule has 0 radical (unpaired) electrons. The van der Waals surface area contributed by atoms with Crippen LogP contribution in [0.2, 0.25) is 15.1 Å². The second-order valence-corrected chi connectivity index (χ2v) is 9.51. The van der Waals surface area contributed by atoms with Crippen LogP contribution in [0, 0.1) is 13.8 Å². The van der Waals surface area contributed by atoms with Crippen molar-refractivity contribution in [2.24, 2.45) is 0 Å². The molecule has 1 aliphatic heterocycles. The molecule has 0 saturated carbocycles. The van der Waals surface area contributed by atoms with Gasteiger partial charge >= 0.3 is 0 Å². The van der Waals surface area contributed by atoms with Crippen LogP contribution in [0.5, 0.6) is 0 Å². The SMILES string of the molecule is Cc1cccc(NC2=C(Sc3ccc(Cl)cc3)C(=O)N(c3ccc(Cl)c(Cl)c3)C2=O)c1C. The standard InChI is InChI=1S/C24H17Cl3N2O2S/c1-13-4-3-5-20(14(13)2)28-21-22(32-17-9-6-15(25)7-10-17)24(31)29(23(21)30)16-8-11-18(26)19(27)12-16/h3-12,28H,1-2H3. The lowest BCUT2D eigenvalue weighted by molar-refractivity contribution is -0.120. The van der Waals surface area contributed by atoms with Crippen molar-refractivity contribution in [3.05, 3.63) is 97.5 Å². The van der Waals surface area contributed by atoms with Crippen LogP contribution >= 0.6 is 46.6 Å². The average molecular weight is 504 g/mol. The molecule has 2 amide bonds. The Morgan fingerprint density at radius 1 is 0.844 bits per heavy atom. The van der Waals surface area contributed by atoms with Crippen LogP contribution < -0.4 is 10.2 Å². The van der Waals surface area contributed by atoms with Gasteiger partial charge < -0.3 is 5.32 Å². The number of rotatable bonds is 5.